The van der Waals surface area contributed by atoms with E-state index >= 15 is 0 Å². The molecule has 15 heavy (non-hydrogen) atoms. The van der Waals surface area contributed by atoms with E-state index in [0.29, 0.717) is 13.0 Å². The van der Waals surface area contributed by atoms with Gasteiger partial charge in [0.15, 0.2) is 0 Å². The molecule has 4 heteroatoms. The van der Waals surface area contributed by atoms with E-state index in [1.807, 2.05) is 13.8 Å². The highest BCUT2D eigenvalue weighted by atomic mass is 16.3. The Kier molecular flexibility index (Phi) is 3.41. The third kappa shape index (κ3) is 2.92. The lowest BCUT2D eigenvalue weighted by Crippen LogP contribution is -2.48. The topological polar surface area (TPSA) is 52.6 Å². The summed E-state index contributed by atoms with van der Waals surface area (Å²) < 4.78 is 0. The molecule has 1 amide bonds. The van der Waals surface area contributed by atoms with E-state index in [4.69, 9.17) is 5.11 Å². The van der Waals surface area contributed by atoms with E-state index in [1.165, 1.54) is 0 Å². The number of carbonyl (C=O) groups excluding carboxylic acids is 1. The summed E-state index contributed by atoms with van der Waals surface area (Å²) in [6.07, 6.45) is 1.47. The van der Waals surface area contributed by atoms with Crippen molar-refractivity contribution in [2.75, 3.05) is 13.2 Å². The number of nitrogens with one attached hydrogen (secondary N) is 1. The summed E-state index contributed by atoms with van der Waals surface area (Å²) in [5, 5.41) is 10.8. The Morgan fingerprint density at radius 1 is 1.60 bits per heavy atom. The lowest BCUT2D eigenvalue weighted by Gasteiger charge is -2.30. The molecular weight excluding hydrogens is 192 g/mol. The van der Waals surface area contributed by atoms with Crippen molar-refractivity contribution in [3.63, 3.8) is 0 Å². The van der Waals surface area contributed by atoms with Crippen molar-refractivity contribution < 1.29 is 9.90 Å². The average molecular weight is 214 g/mol. The first-order valence-corrected chi connectivity index (χ1v) is 5.51. The Morgan fingerprint density at radius 2 is 2.20 bits per heavy atom. The van der Waals surface area contributed by atoms with Crippen LogP contribution < -0.4 is 5.43 Å². The van der Waals surface area contributed by atoms with Crippen LogP contribution >= 0.6 is 0 Å². The standard InChI is InChI=1S/C11H22N2O2/c1-5-11(4)6-9(15)13(12-11)7-10(2,3)8-14/h12,14H,5-8H2,1-4H3. The van der Waals surface area contributed by atoms with Gasteiger partial charge in [-0.05, 0) is 13.3 Å². The Hall–Kier alpha value is -0.610. The molecule has 0 spiro atoms. The number of carbonyl (C=O) groups is 1. The number of hydrogen-bond acceptors (Lipinski definition) is 3. The van der Waals surface area contributed by atoms with Crippen LogP contribution in [0.25, 0.3) is 0 Å². The fraction of sp³-hybridized carbons (Fsp3) is 0.909. The van der Waals surface area contributed by atoms with Crippen LogP contribution in [-0.2, 0) is 4.79 Å². The van der Waals surface area contributed by atoms with Gasteiger partial charge in [0.05, 0.1) is 0 Å². The molecule has 0 saturated carbocycles. The SMILES string of the molecule is CCC1(C)CC(=O)N(CC(C)(C)CO)N1. The molecule has 2 N–H and O–H groups in total. The van der Waals surface area contributed by atoms with Crippen LogP contribution in [0.1, 0.15) is 40.5 Å². The number of aliphatic hydroxyl groups is 1. The number of hydrazine groups is 1. The molecule has 0 radical (unpaired) electrons. The zero-order valence-corrected chi connectivity index (χ0v) is 10.1. The van der Waals surface area contributed by atoms with Gasteiger partial charge in [-0.3, -0.25) is 9.80 Å². The molecule has 1 rings (SSSR count). The van der Waals surface area contributed by atoms with Gasteiger partial charge in [-0.1, -0.05) is 20.8 Å². The van der Waals surface area contributed by atoms with Gasteiger partial charge < -0.3 is 5.11 Å². The van der Waals surface area contributed by atoms with Crippen molar-refractivity contribution in [2.45, 2.75) is 46.1 Å². The molecule has 1 atom stereocenters. The second-order valence-corrected chi connectivity index (χ2v) is 5.51. The van der Waals surface area contributed by atoms with Gasteiger partial charge in [0.25, 0.3) is 0 Å². The van der Waals surface area contributed by atoms with Crippen molar-refractivity contribution in [3.05, 3.63) is 0 Å². The van der Waals surface area contributed by atoms with Crippen LogP contribution in [0.3, 0.4) is 0 Å². The molecular formula is C11H22N2O2. The van der Waals surface area contributed by atoms with Crippen molar-refractivity contribution in [1.29, 1.82) is 0 Å². The van der Waals surface area contributed by atoms with E-state index < -0.39 is 0 Å². The van der Waals surface area contributed by atoms with Gasteiger partial charge in [-0.15, -0.1) is 0 Å². The second kappa shape index (κ2) is 4.10. The van der Waals surface area contributed by atoms with Gasteiger partial charge >= 0.3 is 0 Å². The molecule has 0 aromatic heterocycles. The quantitative estimate of drug-likeness (QED) is 0.731. The number of nitrogens with zero attached hydrogens (tertiary/aromatic N) is 1. The average Bonchev–Trinajstić information content (AvgIpc) is 2.42. The summed E-state index contributed by atoms with van der Waals surface area (Å²) in [5.74, 6) is 0.126. The third-order valence-corrected chi connectivity index (χ3v) is 3.04. The number of aliphatic hydroxyl groups excluding tert-OH is 1. The monoisotopic (exact) mass is 214 g/mol. The predicted octanol–water partition coefficient (Wildman–Crippen LogP) is 0.910. The summed E-state index contributed by atoms with van der Waals surface area (Å²) in [6, 6.07) is 0. The molecule has 1 fully saturated rings. The summed E-state index contributed by atoms with van der Waals surface area (Å²) in [5.41, 5.74) is 2.87. The van der Waals surface area contributed by atoms with Crippen LogP contribution in [0.4, 0.5) is 0 Å². The molecule has 1 heterocycles. The minimum absolute atomic E-state index is 0.0846. The Morgan fingerprint density at radius 3 is 2.60 bits per heavy atom. The maximum absolute atomic E-state index is 11.7. The summed E-state index contributed by atoms with van der Waals surface area (Å²) in [4.78, 5) is 11.7. The third-order valence-electron chi connectivity index (χ3n) is 3.04. The zero-order valence-electron chi connectivity index (χ0n) is 10.1. The molecule has 4 nitrogen and oxygen atoms in total. The Balaban J connectivity index is 2.63. The highest BCUT2D eigenvalue weighted by Gasteiger charge is 2.39. The maximum atomic E-state index is 11.7. The fourth-order valence-electron chi connectivity index (χ4n) is 1.67. The molecule has 1 aliphatic rings. The molecule has 1 unspecified atom stereocenters. The first kappa shape index (κ1) is 12.5. The molecule has 0 aliphatic carbocycles. The smallest absolute Gasteiger partial charge is 0.238 e. The van der Waals surface area contributed by atoms with E-state index in [1.54, 1.807) is 5.01 Å². The highest BCUT2D eigenvalue weighted by molar-refractivity contribution is 5.79. The largest absolute Gasteiger partial charge is 0.396 e. The Bertz CT molecular complexity index is 253. The van der Waals surface area contributed by atoms with Crippen molar-refractivity contribution in [2.24, 2.45) is 5.41 Å². The minimum atomic E-state index is -0.248. The molecule has 0 aromatic carbocycles. The van der Waals surface area contributed by atoms with Crippen LogP contribution in [-0.4, -0.2) is 34.7 Å². The van der Waals surface area contributed by atoms with Gasteiger partial charge in [-0.2, -0.15) is 0 Å². The first-order valence-electron chi connectivity index (χ1n) is 5.51. The van der Waals surface area contributed by atoms with E-state index in [2.05, 4.69) is 19.3 Å². The van der Waals surface area contributed by atoms with Crippen LogP contribution in [0.2, 0.25) is 0 Å². The summed E-state index contributed by atoms with van der Waals surface area (Å²) in [7, 11) is 0. The fourth-order valence-corrected chi connectivity index (χ4v) is 1.67. The van der Waals surface area contributed by atoms with Crippen LogP contribution in [0.5, 0.6) is 0 Å². The summed E-state index contributed by atoms with van der Waals surface area (Å²) in [6.45, 7) is 8.66. The van der Waals surface area contributed by atoms with E-state index in [9.17, 15) is 4.79 Å². The maximum Gasteiger partial charge on any atom is 0.238 e. The lowest BCUT2D eigenvalue weighted by atomic mass is 9.94. The van der Waals surface area contributed by atoms with Gasteiger partial charge in [0.1, 0.15) is 0 Å². The van der Waals surface area contributed by atoms with Crippen molar-refractivity contribution in [1.82, 2.24) is 10.4 Å². The normalized spacial score (nSPS) is 27.5. The first-order chi connectivity index (χ1) is 6.82. The molecule has 0 aromatic rings. The van der Waals surface area contributed by atoms with Crippen LogP contribution in [0, 0.1) is 5.41 Å². The number of hydrogen-bond donors (Lipinski definition) is 2. The second-order valence-electron chi connectivity index (χ2n) is 5.51. The van der Waals surface area contributed by atoms with Crippen LogP contribution in [0.15, 0.2) is 0 Å². The zero-order chi connectivity index (χ0) is 11.7. The number of amides is 1. The molecule has 0 bridgehead atoms. The predicted molar refractivity (Wildman–Crippen MR) is 59.0 cm³/mol. The van der Waals surface area contributed by atoms with Crippen molar-refractivity contribution >= 4 is 5.91 Å². The molecule has 1 aliphatic heterocycles. The molecule has 88 valence electrons. The van der Waals surface area contributed by atoms with E-state index in [0.717, 1.165) is 6.42 Å². The Labute approximate surface area is 91.6 Å². The van der Waals surface area contributed by atoms with Gasteiger partial charge in [0, 0.05) is 30.5 Å². The van der Waals surface area contributed by atoms with E-state index in [-0.39, 0.29) is 23.5 Å². The van der Waals surface area contributed by atoms with Crippen molar-refractivity contribution in [3.8, 4) is 0 Å². The highest BCUT2D eigenvalue weighted by Crippen LogP contribution is 2.25. The summed E-state index contributed by atoms with van der Waals surface area (Å²) >= 11 is 0. The molecule has 1 saturated heterocycles. The van der Waals surface area contributed by atoms with Gasteiger partial charge in [0.2, 0.25) is 5.91 Å². The number of rotatable bonds is 4. The minimum Gasteiger partial charge on any atom is -0.396 e. The lowest BCUT2D eigenvalue weighted by molar-refractivity contribution is -0.131. The van der Waals surface area contributed by atoms with Gasteiger partial charge in [-0.25, -0.2) is 5.43 Å².